The molecule has 0 saturated carbocycles. The fourth-order valence-corrected chi connectivity index (χ4v) is 4.63. The monoisotopic (exact) mass is 578 g/mol. The maximum atomic E-state index is 13.1. The number of unbranched alkanes of at least 4 members (excludes halogenated alkanes) is 23. The predicted octanol–water partition coefficient (Wildman–Crippen LogP) is 11.7. The summed E-state index contributed by atoms with van der Waals surface area (Å²) < 4.78 is 92.0. The summed E-state index contributed by atoms with van der Waals surface area (Å²) in [6, 6.07) is 0. The van der Waals surface area contributed by atoms with Crippen molar-refractivity contribution in [3.05, 3.63) is 0 Å². The van der Waals surface area contributed by atoms with Crippen LogP contribution in [0.25, 0.3) is 0 Å². The van der Waals surface area contributed by atoms with E-state index in [1.807, 2.05) is 0 Å². The Kier molecular flexibility index (Phi) is 22.1. The van der Waals surface area contributed by atoms with Crippen LogP contribution in [-0.4, -0.2) is 30.6 Å². The molecule has 0 unspecified atom stereocenters. The fourth-order valence-electron chi connectivity index (χ4n) is 4.63. The molecule has 2 nitrogen and oxygen atoms in total. The lowest BCUT2D eigenvalue weighted by Crippen LogP contribution is -2.56. The number of alkyl halides is 7. The maximum absolute atomic E-state index is 13.1. The lowest BCUT2D eigenvalue weighted by atomic mass is 10.0. The molecule has 0 aromatic carbocycles. The predicted molar refractivity (Wildman–Crippen MR) is 143 cm³/mol. The molecular weight excluding hydrogens is 525 g/mol. The van der Waals surface area contributed by atoms with Crippen molar-refractivity contribution in [2.45, 2.75) is 179 Å². The number of esters is 1. The van der Waals surface area contributed by atoms with Crippen molar-refractivity contribution in [3.8, 4) is 0 Å². The minimum Gasteiger partial charge on any atom is -0.461 e. The zero-order valence-electron chi connectivity index (χ0n) is 24.1. The van der Waals surface area contributed by atoms with E-state index in [1.54, 1.807) is 0 Å². The van der Waals surface area contributed by atoms with Crippen molar-refractivity contribution in [1.29, 1.82) is 0 Å². The van der Waals surface area contributed by atoms with Gasteiger partial charge in [-0.3, -0.25) is 0 Å². The second kappa shape index (κ2) is 22.6. The summed E-state index contributed by atoms with van der Waals surface area (Å²) in [7, 11) is 0. The summed E-state index contributed by atoms with van der Waals surface area (Å²) in [4.78, 5) is 11.0. The molecule has 0 spiro atoms. The van der Waals surface area contributed by atoms with Crippen LogP contribution in [-0.2, 0) is 9.53 Å². The van der Waals surface area contributed by atoms with Gasteiger partial charge in [-0.2, -0.15) is 30.7 Å². The molecule has 0 fully saturated rings. The third kappa shape index (κ3) is 18.1. The molecule has 0 atom stereocenters. The van der Waals surface area contributed by atoms with E-state index in [2.05, 4.69) is 11.7 Å². The van der Waals surface area contributed by atoms with Crippen LogP contribution in [0.2, 0.25) is 0 Å². The highest BCUT2D eigenvalue weighted by molar-refractivity contribution is 5.79. The third-order valence-electron chi connectivity index (χ3n) is 7.24. The number of halogens is 7. The second-order valence-electron chi connectivity index (χ2n) is 10.9. The Balaban J connectivity index is 3.39. The van der Waals surface area contributed by atoms with E-state index < -0.39 is 30.6 Å². The molecular formula is C30H53F7O2. The molecule has 0 aliphatic heterocycles. The molecule has 9 heteroatoms. The van der Waals surface area contributed by atoms with Crippen LogP contribution in [0.15, 0.2) is 0 Å². The molecule has 0 radical (unpaired) electrons. The lowest BCUT2D eigenvalue weighted by molar-refractivity contribution is -0.348. The van der Waals surface area contributed by atoms with Gasteiger partial charge in [0.1, 0.15) is 0 Å². The number of hydrogen-bond acceptors (Lipinski definition) is 2. The number of rotatable bonds is 27. The topological polar surface area (TPSA) is 26.3 Å². The van der Waals surface area contributed by atoms with E-state index >= 15 is 0 Å². The van der Waals surface area contributed by atoms with E-state index in [9.17, 15) is 35.5 Å². The van der Waals surface area contributed by atoms with Crippen LogP contribution in [0, 0.1) is 0 Å². The third-order valence-corrected chi connectivity index (χ3v) is 7.24. The van der Waals surface area contributed by atoms with Gasteiger partial charge in [-0.15, -0.1) is 0 Å². The zero-order valence-corrected chi connectivity index (χ0v) is 24.1. The summed E-state index contributed by atoms with van der Waals surface area (Å²) in [5.74, 6) is -15.3. The van der Waals surface area contributed by atoms with Gasteiger partial charge in [0, 0.05) is 0 Å². The van der Waals surface area contributed by atoms with Crippen LogP contribution in [0.4, 0.5) is 30.7 Å². The zero-order chi connectivity index (χ0) is 29.5. The van der Waals surface area contributed by atoms with Crippen LogP contribution < -0.4 is 0 Å². The van der Waals surface area contributed by atoms with Crippen molar-refractivity contribution in [3.63, 3.8) is 0 Å². The van der Waals surface area contributed by atoms with Crippen molar-refractivity contribution >= 4 is 5.97 Å². The van der Waals surface area contributed by atoms with Crippen LogP contribution >= 0.6 is 0 Å². The Bertz CT molecular complexity index is 580. The number of carbonyl (C=O) groups is 1. The first kappa shape index (κ1) is 38.0. The Morgan fingerprint density at radius 1 is 0.462 bits per heavy atom. The molecule has 0 saturated heterocycles. The first-order valence-corrected chi connectivity index (χ1v) is 15.5. The van der Waals surface area contributed by atoms with Gasteiger partial charge >= 0.3 is 24.0 Å². The lowest BCUT2D eigenvalue weighted by Gasteiger charge is -2.26. The van der Waals surface area contributed by atoms with Crippen LogP contribution in [0.3, 0.4) is 0 Å². The standard InChI is InChI=1S/C30H53F7O2/c1-2-3-4-5-6-7-8-9-10-11-12-13-14-15-16-17-18-19-20-21-22-23-24-25-26-39-27(38)28(31,32)29(33,34)30(35,36)37/h2-26H2,1H3. The smallest absolute Gasteiger partial charge is 0.460 e. The highest BCUT2D eigenvalue weighted by atomic mass is 19.4. The van der Waals surface area contributed by atoms with Crippen LogP contribution in [0.1, 0.15) is 161 Å². The van der Waals surface area contributed by atoms with Crippen molar-refractivity contribution in [2.75, 3.05) is 6.61 Å². The Labute approximate surface area is 232 Å². The molecule has 0 aromatic heterocycles. The molecule has 234 valence electrons. The van der Waals surface area contributed by atoms with Gasteiger partial charge in [-0.1, -0.05) is 155 Å². The first-order chi connectivity index (χ1) is 18.5. The maximum Gasteiger partial charge on any atom is 0.460 e. The minimum absolute atomic E-state index is 0.138. The van der Waals surface area contributed by atoms with E-state index in [0.29, 0.717) is 6.42 Å². The quantitative estimate of drug-likeness (QED) is 0.0550. The van der Waals surface area contributed by atoms with Crippen LogP contribution in [0.5, 0.6) is 0 Å². The molecule has 0 aromatic rings. The Morgan fingerprint density at radius 2 is 0.718 bits per heavy atom. The molecule has 0 aliphatic carbocycles. The average Bonchev–Trinajstić information content (AvgIpc) is 2.87. The molecule has 0 N–H and O–H groups in total. The highest BCUT2D eigenvalue weighted by Gasteiger charge is 2.77. The Morgan fingerprint density at radius 3 is 0.974 bits per heavy atom. The SMILES string of the molecule is CCCCCCCCCCCCCCCCCCCCCCCCCCOC(=O)C(F)(F)C(F)(F)C(F)(F)F. The Hall–Kier alpha value is -1.02. The van der Waals surface area contributed by atoms with Crippen molar-refractivity contribution < 1.29 is 40.3 Å². The van der Waals surface area contributed by atoms with E-state index in [1.165, 1.54) is 116 Å². The molecule has 0 bridgehead atoms. The summed E-state index contributed by atoms with van der Waals surface area (Å²) >= 11 is 0. The molecule has 39 heavy (non-hydrogen) atoms. The summed E-state index contributed by atoms with van der Waals surface area (Å²) in [5, 5.41) is 0. The first-order valence-electron chi connectivity index (χ1n) is 15.5. The summed E-state index contributed by atoms with van der Waals surface area (Å²) in [6.45, 7) is 1.65. The largest absolute Gasteiger partial charge is 0.461 e. The van der Waals surface area contributed by atoms with Gasteiger partial charge in [0.05, 0.1) is 6.61 Å². The molecule has 0 rings (SSSR count). The van der Waals surface area contributed by atoms with Gasteiger partial charge in [0.25, 0.3) is 0 Å². The average molecular weight is 579 g/mol. The highest BCUT2D eigenvalue weighted by Crippen LogP contribution is 2.47. The minimum atomic E-state index is -6.54. The van der Waals surface area contributed by atoms with Gasteiger partial charge in [0.15, 0.2) is 0 Å². The van der Waals surface area contributed by atoms with Gasteiger partial charge in [0.2, 0.25) is 0 Å². The summed E-state index contributed by atoms with van der Waals surface area (Å²) in [6.07, 6.45) is 22.0. The van der Waals surface area contributed by atoms with E-state index in [0.717, 1.165) is 25.7 Å². The van der Waals surface area contributed by atoms with E-state index in [-0.39, 0.29) is 6.42 Å². The van der Waals surface area contributed by atoms with Crippen molar-refractivity contribution in [1.82, 2.24) is 0 Å². The van der Waals surface area contributed by atoms with Crippen molar-refractivity contribution in [2.24, 2.45) is 0 Å². The number of ether oxygens (including phenoxy) is 1. The normalized spacial score (nSPS) is 12.7. The number of hydrogen-bond donors (Lipinski definition) is 0. The van der Waals surface area contributed by atoms with Gasteiger partial charge in [-0.25, -0.2) is 4.79 Å². The number of carbonyl (C=O) groups excluding carboxylic acids is 1. The molecule has 0 heterocycles. The second-order valence-corrected chi connectivity index (χ2v) is 10.9. The van der Waals surface area contributed by atoms with Gasteiger partial charge < -0.3 is 4.74 Å². The molecule has 0 aliphatic rings. The molecule has 0 amide bonds. The van der Waals surface area contributed by atoms with E-state index in [4.69, 9.17) is 0 Å². The van der Waals surface area contributed by atoms with Gasteiger partial charge in [-0.05, 0) is 6.42 Å². The summed E-state index contributed by atoms with van der Waals surface area (Å²) in [5.41, 5.74) is 0. The fraction of sp³-hybridized carbons (Fsp3) is 0.967.